The predicted octanol–water partition coefficient (Wildman–Crippen LogP) is 3.13. The summed E-state index contributed by atoms with van der Waals surface area (Å²) in [6.07, 6.45) is 1.07. The molecule has 1 atom stereocenters. The number of carbonyl (C=O) groups excluding carboxylic acids is 1. The maximum absolute atomic E-state index is 14.3. The summed E-state index contributed by atoms with van der Waals surface area (Å²) in [7, 11) is 0. The summed E-state index contributed by atoms with van der Waals surface area (Å²) in [5, 5.41) is 4.66. The topological polar surface area (TPSA) is 55.1 Å². The molecule has 0 fully saturated rings. The lowest BCUT2D eigenvalue weighted by Crippen LogP contribution is -2.21. The first-order valence-corrected chi connectivity index (χ1v) is 7.36. The van der Waals surface area contributed by atoms with E-state index >= 15 is 0 Å². The molecular formula is C15H15FN2OS. The van der Waals surface area contributed by atoms with Gasteiger partial charge in [0.25, 0.3) is 0 Å². The second-order valence-electron chi connectivity index (χ2n) is 5.02. The van der Waals surface area contributed by atoms with Crippen LogP contribution in [0.2, 0.25) is 0 Å². The van der Waals surface area contributed by atoms with Crippen LogP contribution in [0.1, 0.15) is 34.0 Å². The van der Waals surface area contributed by atoms with Crippen molar-refractivity contribution in [3.05, 3.63) is 51.0 Å². The van der Waals surface area contributed by atoms with Gasteiger partial charge in [0.05, 0.1) is 6.04 Å². The molecule has 1 aromatic carbocycles. The molecule has 1 aliphatic rings. The Labute approximate surface area is 120 Å². The fourth-order valence-corrected chi connectivity index (χ4v) is 3.45. The minimum Gasteiger partial charge on any atom is -0.326 e. The lowest BCUT2D eigenvalue weighted by atomic mass is 9.95. The van der Waals surface area contributed by atoms with Crippen LogP contribution in [0.15, 0.2) is 23.6 Å². The zero-order valence-electron chi connectivity index (χ0n) is 11.1. The smallest absolute Gasteiger partial charge is 0.224 e. The molecule has 20 heavy (non-hydrogen) atoms. The van der Waals surface area contributed by atoms with E-state index in [1.165, 1.54) is 17.4 Å². The summed E-state index contributed by atoms with van der Waals surface area (Å²) in [6.45, 7) is 1.97. The number of fused-ring (bicyclic) bond motifs is 1. The molecule has 0 saturated heterocycles. The standard InChI is InChI=1S/C15H15FN2OS/c1-8-4-5-20-15(8)14(17)10-6-9-2-3-13(19)18-12(9)7-11(10)16/h4-7,14H,2-3,17H2,1H3,(H,18,19). The Morgan fingerprint density at radius 1 is 1.40 bits per heavy atom. The third-order valence-electron chi connectivity index (χ3n) is 3.64. The summed E-state index contributed by atoms with van der Waals surface area (Å²) in [6, 6.07) is 4.69. The lowest BCUT2D eigenvalue weighted by molar-refractivity contribution is -0.116. The van der Waals surface area contributed by atoms with Crippen LogP contribution in [0.3, 0.4) is 0 Å². The van der Waals surface area contributed by atoms with Gasteiger partial charge in [0.15, 0.2) is 0 Å². The first kappa shape index (κ1) is 13.3. The minimum atomic E-state index is -0.460. The van der Waals surface area contributed by atoms with Crippen molar-refractivity contribution in [1.29, 1.82) is 0 Å². The molecule has 5 heteroatoms. The fourth-order valence-electron chi connectivity index (χ4n) is 2.50. The molecule has 0 spiro atoms. The van der Waals surface area contributed by atoms with E-state index in [1.807, 2.05) is 18.4 Å². The van der Waals surface area contributed by atoms with Crippen molar-refractivity contribution < 1.29 is 9.18 Å². The number of halogens is 1. The van der Waals surface area contributed by atoms with Crippen LogP contribution in [0.25, 0.3) is 0 Å². The van der Waals surface area contributed by atoms with Crippen LogP contribution in [-0.4, -0.2) is 5.91 Å². The van der Waals surface area contributed by atoms with E-state index in [1.54, 1.807) is 6.07 Å². The Morgan fingerprint density at radius 3 is 2.90 bits per heavy atom. The van der Waals surface area contributed by atoms with E-state index < -0.39 is 6.04 Å². The van der Waals surface area contributed by atoms with Gasteiger partial charge >= 0.3 is 0 Å². The quantitative estimate of drug-likeness (QED) is 0.893. The Morgan fingerprint density at radius 2 is 2.20 bits per heavy atom. The molecule has 3 rings (SSSR count). The summed E-state index contributed by atoms with van der Waals surface area (Å²) >= 11 is 1.54. The van der Waals surface area contributed by atoms with Crippen molar-refractivity contribution >= 4 is 22.9 Å². The minimum absolute atomic E-state index is 0.0666. The molecule has 0 radical (unpaired) electrons. The predicted molar refractivity (Wildman–Crippen MR) is 78.4 cm³/mol. The third kappa shape index (κ3) is 2.23. The highest BCUT2D eigenvalue weighted by molar-refractivity contribution is 7.10. The van der Waals surface area contributed by atoms with Gasteiger partial charge in [0, 0.05) is 22.5 Å². The number of thiophene rings is 1. The number of anilines is 1. The lowest BCUT2D eigenvalue weighted by Gasteiger charge is -2.20. The van der Waals surface area contributed by atoms with Gasteiger partial charge < -0.3 is 11.1 Å². The van der Waals surface area contributed by atoms with E-state index in [4.69, 9.17) is 5.73 Å². The van der Waals surface area contributed by atoms with E-state index in [-0.39, 0.29) is 11.7 Å². The first-order chi connectivity index (χ1) is 9.56. The number of nitrogens with two attached hydrogens (primary N) is 1. The zero-order chi connectivity index (χ0) is 14.3. The van der Waals surface area contributed by atoms with Crippen molar-refractivity contribution in [2.24, 2.45) is 5.73 Å². The Kier molecular flexibility index (Phi) is 3.31. The van der Waals surface area contributed by atoms with Crippen molar-refractivity contribution in [3.63, 3.8) is 0 Å². The molecule has 1 unspecified atom stereocenters. The molecule has 3 nitrogen and oxygen atoms in total. The van der Waals surface area contributed by atoms with Gasteiger partial charge in [0.2, 0.25) is 5.91 Å². The molecule has 0 saturated carbocycles. The van der Waals surface area contributed by atoms with E-state index in [2.05, 4.69) is 5.32 Å². The van der Waals surface area contributed by atoms with Gasteiger partial charge in [-0.2, -0.15) is 0 Å². The highest BCUT2D eigenvalue weighted by atomic mass is 32.1. The van der Waals surface area contributed by atoms with E-state index in [0.29, 0.717) is 24.1 Å². The molecule has 3 N–H and O–H groups in total. The largest absolute Gasteiger partial charge is 0.326 e. The van der Waals surface area contributed by atoms with Gasteiger partial charge in [-0.05, 0) is 48.1 Å². The number of hydrogen-bond donors (Lipinski definition) is 2. The Bertz CT molecular complexity index is 681. The normalized spacial score (nSPS) is 15.7. The molecule has 2 heterocycles. The molecule has 0 aliphatic carbocycles. The van der Waals surface area contributed by atoms with Crippen LogP contribution in [0.5, 0.6) is 0 Å². The maximum atomic E-state index is 14.3. The van der Waals surface area contributed by atoms with E-state index in [0.717, 1.165) is 16.0 Å². The summed E-state index contributed by atoms with van der Waals surface area (Å²) < 4.78 is 14.3. The number of amides is 1. The summed E-state index contributed by atoms with van der Waals surface area (Å²) in [5.41, 5.74) is 9.29. The molecular weight excluding hydrogens is 275 g/mol. The van der Waals surface area contributed by atoms with Crippen LogP contribution < -0.4 is 11.1 Å². The van der Waals surface area contributed by atoms with E-state index in [9.17, 15) is 9.18 Å². The monoisotopic (exact) mass is 290 g/mol. The van der Waals surface area contributed by atoms with Crippen molar-refractivity contribution in [2.45, 2.75) is 25.8 Å². The average molecular weight is 290 g/mol. The van der Waals surface area contributed by atoms with Crippen LogP contribution in [0.4, 0.5) is 10.1 Å². The number of hydrogen-bond acceptors (Lipinski definition) is 3. The van der Waals surface area contributed by atoms with Gasteiger partial charge in [-0.15, -0.1) is 11.3 Å². The van der Waals surface area contributed by atoms with Gasteiger partial charge in [-0.3, -0.25) is 4.79 Å². The molecule has 1 aromatic heterocycles. The Balaban J connectivity index is 2.02. The maximum Gasteiger partial charge on any atom is 0.224 e. The van der Waals surface area contributed by atoms with Crippen molar-refractivity contribution in [2.75, 3.05) is 5.32 Å². The number of aryl methyl sites for hydroxylation is 2. The van der Waals surface area contributed by atoms with Gasteiger partial charge in [0.1, 0.15) is 5.82 Å². The van der Waals surface area contributed by atoms with Crippen molar-refractivity contribution in [3.8, 4) is 0 Å². The van der Waals surface area contributed by atoms with Gasteiger partial charge in [-0.25, -0.2) is 4.39 Å². The third-order valence-corrected chi connectivity index (χ3v) is 4.74. The molecule has 1 aliphatic heterocycles. The van der Waals surface area contributed by atoms with Crippen LogP contribution in [0, 0.1) is 12.7 Å². The first-order valence-electron chi connectivity index (χ1n) is 6.48. The van der Waals surface area contributed by atoms with Gasteiger partial charge in [-0.1, -0.05) is 0 Å². The SMILES string of the molecule is Cc1ccsc1C(N)c1cc2c(cc1F)NC(=O)CC2. The zero-order valence-corrected chi connectivity index (χ0v) is 11.9. The fraction of sp³-hybridized carbons (Fsp3) is 0.267. The highest BCUT2D eigenvalue weighted by Gasteiger charge is 2.22. The molecule has 1 amide bonds. The number of rotatable bonds is 2. The Hall–Kier alpha value is -1.72. The second-order valence-corrected chi connectivity index (χ2v) is 5.97. The second kappa shape index (κ2) is 5.00. The molecule has 2 aromatic rings. The summed E-state index contributed by atoms with van der Waals surface area (Å²) in [5.74, 6) is -0.436. The van der Waals surface area contributed by atoms with Crippen LogP contribution in [-0.2, 0) is 11.2 Å². The number of benzene rings is 1. The highest BCUT2D eigenvalue weighted by Crippen LogP contribution is 2.33. The average Bonchev–Trinajstić information content (AvgIpc) is 2.83. The summed E-state index contributed by atoms with van der Waals surface area (Å²) in [4.78, 5) is 12.3. The number of nitrogens with one attached hydrogen (secondary N) is 1. The number of carbonyl (C=O) groups is 1. The van der Waals surface area contributed by atoms with Crippen molar-refractivity contribution in [1.82, 2.24) is 0 Å². The molecule has 0 bridgehead atoms. The molecule has 104 valence electrons. The van der Waals surface area contributed by atoms with Crippen LogP contribution >= 0.6 is 11.3 Å².